The summed E-state index contributed by atoms with van der Waals surface area (Å²) in [6.45, 7) is 0.412. The van der Waals surface area contributed by atoms with Gasteiger partial charge in [-0.05, 0) is 5.56 Å². The molecule has 0 spiro atoms. The number of rotatable bonds is 4. The summed E-state index contributed by atoms with van der Waals surface area (Å²) in [5.41, 5.74) is 0.955. The van der Waals surface area contributed by atoms with Crippen LogP contribution < -0.4 is 0 Å². The summed E-state index contributed by atoms with van der Waals surface area (Å²) in [5.74, 6) is -1.99. The molecule has 1 amide bonds. The van der Waals surface area contributed by atoms with E-state index in [0.717, 1.165) is 11.6 Å². The van der Waals surface area contributed by atoms with Gasteiger partial charge in [0.25, 0.3) is 5.91 Å². The minimum absolute atomic E-state index is 0.0177. The SMILES string of the molecule is CN(Cc1ccccc1)C(=O)c1cc(C(=O)O)on1. The van der Waals surface area contributed by atoms with Gasteiger partial charge in [-0.25, -0.2) is 4.79 Å². The van der Waals surface area contributed by atoms with E-state index < -0.39 is 5.97 Å². The molecule has 0 aliphatic carbocycles. The quantitative estimate of drug-likeness (QED) is 0.903. The lowest BCUT2D eigenvalue weighted by Crippen LogP contribution is -2.26. The average Bonchev–Trinajstić information content (AvgIpc) is 2.88. The predicted octanol–water partition coefficient (Wildman–Crippen LogP) is 1.65. The van der Waals surface area contributed by atoms with Crippen molar-refractivity contribution in [3.8, 4) is 0 Å². The lowest BCUT2D eigenvalue weighted by atomic mass is 10.2. The number of aromatic nitrogens is 1. The van der Waals surface area contributed by atoms with Crippen molar-refractivity contribution in [1.29, 1.82) is 0 Å². The highest BCUT2D eigenvalue weighted by atomic mass is 16.5. The van der Waals surface area contributed by atoms with Gasteiger partial charge in [0.05, 0.1) is 0 Å². The Morgan fingerprint density at radius 3 is 2.58 bits per heavy atom. The maximum atomic E-state index is 12.0. The molecular weight excluding hydrogens is 248 g/mol. The zero-order valence-electron chi connectivity index (χ0n) is 10.2. The van der Waals surface area contributed by atoms with E-state index in [4.69, 9.17) is 5.11 Å². The highest BCUT2D eigenvalue weighted by molar-refractivity contribution is 5.94. The van der Waals surface area contributed by atoms with Crippen LogP contribution in [0.2, 0.25) is 0 Å². The molecule has 0 radical (unpaired) electrons. The van der Waals surface area contributed by atoms with Crippen molar-refractivity contribution in [2.24, 2.45) is 0 Å². The fraction of sp³-hybridized carbons (Fsp3) is 0.154. The third-order valence-electron chi connectivity index (χ3n) is 2.55. The minimum atomic E-state index is -1.25. The molecule has 1 heterocycles. The lowest BCUT2D eigenvalue weighted by Gasteiger charge is -2.15. The zero-order valence-corrected chi connectivity index (χ0v) is 10.2. The molecule has 6 nitrogen and oxygen atoms in total. The molecule has 2 rings (SSSR count). The number of hydrogen-bond acceptors (Lipinski definition) is 4. The molecule has 0 saturated carbocycles. The Morgan fingerprint density at radius 1 is 1.32 bits per heavy atom. The summed E-state index contributed by atoms with van der Waals surface area (Å²) in [7, 11) is 1.62. The van der Waals surface area contributed by atoms with E-state index in [9.17, 15) is 9.59 Å². The van der Waals surface area contributed by atoms with Gasteiger partial charge in [-0.1, -0.05) is 35.5 Å². The Hall–Kier alpha value is -2.63. The highest BCUT2D eigenvalue weighted by Gasteiger charge is 2.19. The molecule has 6 heteroatoms. The standard InChI is InChI=1S/C13H12N2O4/c1-15(8-9-5-3-2-4-6-9)12(16)10-7-11(13(17)18)19-14-10/h2-7H,8H2,1H3,(H,17,18). The van der Waals surface area contributed by atoms with Crippen molar-refractivity contribution < 1.29 is 19.2 Å². The Balaban J connectivity index is 2.08. The topological polar surface area (TPSA) is 83.6 Å². The van der Waals surface area contributed by atoms with Crippen LogP contribution in [0.4, 0.5) is 0 Å². The molecule has 1 aromatic carbocycles. The van der Waals surface area contributed by atoms with E-state index in [0.29, 0.717) is 6.54 Å². The van der Waals surface area contributed by atoms with E-state index in [-0.39, 0.29) is 17.4 Å². The highest BCUT2D eigenvalue weighted by Crippen LogP contribution is 2.09. The number of carbonyl (C=O) groups excluding carboxylic acids is 1. The fourth-order valence-corrected chi connectivity index (χ4v) is 1.60. The monoisotopic (exact) mass is 260 g/mol. The maximum absolute atomic E-state index is 12.0. The molecular formula is C13H12N2O4. The molecule has 0 atom stereocenters. The van der Waals surface area contributed by atoms with Crippen LogP contribution in [0.15, 0.2) is 40.9 Å². The number of carbonyl (C=O) groups is 2. The van der Waals surface area contributed by atoms with E-state index >= 15 is 0 Å². The molecule has 19 heavy (non-hydrogen) atoms. The summed E-state index contributed by atoms with van der Waals surface area (Å²) in [6, 6.07) is 10.6. The van der Waals surface area contributed by atoms with Crippen LogP contribution in [0, 0.1) is 0 Å². The first-order chi connectivity index (χ1) is 9.08. The van der Waals surface area contributed by atoms with Crippen LogP contribution in [0.5, 0.6) is 0 Å². The largest absolute Gasteiger partial charge is 0.475 e. The van der Waals surface area contributed by atoms with Crippen LogP contribution in [0.1, 0.15) is 26.6 Å². The Kier molecular flexibility index (Phi) is 3.61. The molecule has 0 aliphatic heterocycles. The van der Waals surface area contributed by atoms with Crippen molar-refractivity contribution in [2.75, 3.05) is 7.05 Å². The third kappa shape index (κ3) is 2.98. The van der Waals surface area contributed by atoms with Crippen LogP contribution in [0.3, 0.4) is 0 Å². The molecule has 0 aliphatic rings. The van der Waals surface area contributed by atoms with Crippen molar-refractivity contribution >= 4 is 11.9 Å². The molecule has 0 fully saturated rings. The first-order valence-electron chi connectivity index (χ1n) is 5.57. The summed E-state index contributed by atoms with van der Waals surface area (Å²) in [4.78, 5) is 24.1. The molecule has 0 saturated heterocycles. The predicted molar refractivity (Wildman–Crippen MR) is 65.7 cm³/mol. The first kappa shape index (κ1) is 12.8. The van der Waals surface area contributed by atoms with Gasteiger partial charge >= 0.3 is 5.97 Å². The van der Waals surface area contributed by atoms with Crippen LogP contribution >= 0.6 is 0 Å². The normalized spacial score (nSPS) is 10.2. The summed E-state index contributed by atoms with van der Waals surface area (Å²) in [6.07, 6.45) is 0. The lowest BCUT2D eigenvalue weighted by molar-refractivity contribution is 0.0649. The van der Waals surface area contributed by atoms with E-state index in [1.165, 1.54) is 4.90 Å². The van der Waals surface area contributed by atoms with Gasteiger partial charge < -0.3 is 14.5 Å². The van der Waals surface area contributed by atoms with Gasteiger partial charge in [0.1, 0.15) is 0 Å². The second-order valence-corrected chi connectivity index (χ2v) is 4.03. The first-order valence-corrected chi connectivity index (χ1v) is 5.57. The van der Waals surface area contributed by atoms with Crippen LogP contribution in [-0.4, -0.2) is 34.1 Å². The van der Waals surface area contributed by atoms with E-state index in [2.05, 4.69) is 9.68 Å². The number of aromatic carboxylic acids is 1. The third-order valence-corrected chi connectivity index (χ3v) is 2.55. The van der Waals surface area contributed by atoms with Crippen LogP contribution in [0.25, 0.3) is 0 Å². The zero-order chi connectivity index (χ0) is 13.8. The van der Waals surface area contributed by atoms with Crippen LogP contribution in [-0.2, 0) is 6.54 Å². The van der Waals surface area contributed by atoms with Gasteiger partial charge in [-0.2, -0.15) is 0 Å². The maximum Gasteiger partial charge on any atom is 0.374 e. The van der Waals surface area contributed by atoms with E-state index in [1.807, 2.05) is 30.3 Å². The Labute approximate surface area is 109 Å². The van der Waals surface area contributed by atoms with E-state index in [1.54, 1.807) is 7.05 Å². The molecule has 0 bridgehead atoms. The number of nitrogens with zero attached hydrogens (tertiary/aromatic N) is 2. The van der Waals surface area contributed by atoms with Gasteiger partial charge in [-0.3, -0.25) is 4.79 Å². The minimum Gasteiger partial charge on any atom is -0.475 e. The smallest absolute Gasteiger partial charge is 0.374 e. The Bertz CT molecular complexity index is 592. The number of amides is 1. The number of carboxylic acids is 1. The summed E-state index contributed by atoms with van der Waals surface area (Å²) in [5, 5.41) is 12.1. The molecule has 2 aromatic rings. The van der Waals surface area contributed by atoms with Gasteiger partial charge in [0.15, 0.2) is 5.69 Å². The summed E-state index contributed by atoms with van der Waals surface area (Å²) >= 11 is 0. The Morgan fingerprint density at radius 2 is 2.00 bits per heavy atom. The van der Waals surface area contributed by atoms with Crippen molar-refractivity contribution in [1.82, 2.24) is 10.1 Å². The fourth-order valence-electron chi connectivity index (χ4n) is 1.60. The number of carboxylic acid groups (broad SMARTS) is 1. The molecule has 98 valence electrons. The molecule has 1 N–H and O–H groups in total. The number of benzene rings is 1. The van der Waals surface area contributed by atoms with Crippen molar-refractivity contribution in [2.45, 2.75) is 6.54 Å². The van der Waals surface area contributed by atoms with Crippen molar-refractivity contribution in [3.63, 3.8) is 0 Å². The second kappa shape index (κ2) is 5.34. The van der Waals surface area contributed by atoms with Gasteiger partial charge in [0, 0.05) is 19.7 Å². The average molecular weight is 260 g/mol. The van der Waals surface area contributed by atoms with Gasteiger partial charge in [-0.15, -0.1) is 0 Å². The number of hydrogen-bond donors (Lipinski definition) is 1. The molecule has 1 aromatic heterocycles. The summed E-state index contributed by atoms with van der Waals surface area (Å²) < 4.78 is 4.55. The molecule has 0 unspecified atom stereocenters. The second-order valence-electron chi connectivity index (χ2n) is 4.03. The van der Waals surface area contributed by atoms with Gasteiger partial charge in [0.2, 0.25) is 5.76 Å². The van der Waals surface area contributed by atoms with Crippen molar-refractivity contribution in [3.05, 3.63) is 53.4 Å².